The molecule has 3 aliphatic rings. The highest BCUT2D eigenvalue weighted by Crippen LogP contribution is 2.49. The monoisotopic (exact) mass is 411 g/mol. The lowest BCUT2D eigenvalue weighted by molar-refractivity contribution is -0.128. The molecule has 0 heterocycles. The van der Waals surface area contributed by atoms with Crippen LogP contribution in [0.5, 0.6) is 11.5 Å². The highest BCUT2D eigenvalue weighted by atomic mass is 16.5. The van der Waals surface area contributed by atoms with Crippen LogP contribution in [0.2, 0.25) is 0 Å². The third-order valence-electron chi connectivity index (χ3n) is 7.45. The summed E-state index contributed by atoms with van der Waals surface area (Å²) in [4.78, 5) is 26.1. The molecule has 4 atom stereocenters. The largest absolute Gasteiger partial charge is 0.507 e. The number of aromatic hydroxyl groups is 1. The molecule has 2 amide bonds. The molecule has 0 spiro atoms. The number of carbonyl (C=O) groups is 2. The Morgan fingerprint density at radius 3 is 2.67 bits per heavy atom. The lowest BCUT2D eigenvalue weighted by Crippen LogP contribution is -2.51. The third kappa shape index (κ3) is 3.60. The van der Waals surface area contributed by atoms with Crippen molar-refractivity contribution in [3.05, 3.63) is 23.3 Å². The first kappa shape index (κ1) is 20.5. The maximum Gasteiger partial charge on any atom is 0.255 e. The van der Waals surface area contributed by atoms with Gasteiger partial charge in [-0.2, -0.15) is 5.26 Å². The number of phenolic OH excluding ortho intramolecular Hbond substituents is 1. The van der Waals surface area contributed by atoms with Gasteiger partial charge in [-0.1, -0.05) is 13.3 Å². The predicted molar refractivity (Wildman–Crippen MR) is 110 cm³/mol. The molecule has 7 heteroatoms. The van der Waals surface area contributed by atoms with Gasteiger partial charge in [-0.05, 0) is 55.4 Å². The number of phenols is 1. The first-order valence-electron chi connectivity index (χ1n) is 10.7. The maximum atomic E-state index is 13.0. The highest BCUT2D eigenvalue weighted by molar-refractivity contribution is 5.98. The van der Waals surface area contributed by atoms with Gasteiger partial charge in [-0.3, -0.25) is 9.59 Å². The summed E-state index contributed by atoms with van der Waals surface area (Å²) in [6.45, 7) is 2.90. The van der Waals surface area contributed by atoms with Crippen LogP contribution < -0.4 is 15.4 Å². The van der Waals surface area contributed by atoms with E-state index in [1.165, 1.54) is 25.7 Å². The molecule has 0 aromatic heterocycles. The molecular weight excluding hydrogens is 382 g/mol. The summed E-state index contributed by atoms with van der Waals surface area (Å²) in [5.41, 5.74) is 0.419. The number of methoxy groups -OCH3 is 1. The van der Waals surface area contributed by atoms with Crippen molar-refractivity contribution in [2.24, 2.45) is 23.2 Å². The van der Waals surface area contributed by atoms with Crippen molar-refractivity contribution in [1.82, 2.24) is 10.6 Å². The Kier molecular flexibility index (Phi) is 5.35. The number of ether oxygens (including phenoxy) is 1. The van der Waals surface area contributed by atoms with E-state index in [1.807, 2.05) is 6.07 Å². The summed E-state index contributed by atoms with van der Waals surface area (Å²) in [5, 5.41) is 25.3. The maximum absolute atomic E-state index is 13.0. The van der Waals surface area contributed by atoms with Crippen molar-refractivity contribution in [2.75, 3.05) is 13.7 Å². The van der Waals surface area contributed by atoms with Gasteiger partial charge in [0.25, 0.3) is 5.91 Å². The average Bonchev–Trinajstić information content (AvgIpc) is 3.32. The van der Waals surface area contributed by atoms with Gasteiger partial charge in [0, 0.05) is 18.7 Å². The fourth-order valence-corrected chi connectivity index (χ4v) is 5.49. The number of carbonyl (C=O) groups excluding carboxylic acids is 2. The molecule has 1 aromatic rings. The van der Waals surface area contributed by atoms with Crippen LogP contribution in [0.15, 0.2) is 12.1 Å². The number of fused-ring (bicyclic) bond motifs is 2. The normalized spacial score (nSPS) is 28.3. The molecule has 0 saturated heterocycles. The summed E-state index contributed by atoms with van der Waals surface area (Å²) in [6.07, 6.45) is 6.49. The quantitative estimate of drug-likeness (QED) is 0.666. The van der Waals surface area contributed by atoms with Gasteiger partial charge in [0.1, 0.15) is 17.6 Å². The predicted octanol–water partition coefficient (Wildman–Crippen LogP) is 2.72. The number of benzene rings is 1. The number of nitriles is 1. The van der Waals surface area contributed by atoms with Crippen molar-refractivity contribution < 1.29 is 19.4 Å². The SMILES string of the molecule is COc1cc(C#N)c(O)cc1C(=O)NC1C2CCC(C2)C1C(=O)NCC1(C)CCC1. The molecule has 0 radical (unpaired) electrons. The van der Waals surface area contributed by atoms with Crippen molar-refractivity contribution in [3.8, 4) is 17.6 Å². The Morgan fingerprint density at radius 2 is 2.03 bits per heavy atom. The van der Waals surface area contributed by atoms with E-state index in [-0.39, 0.29) is 51.8 Å². The van der Waals surface area contributed by atoms with Crippen LogP contribution in [0.4, 0.5) is 0 Å². The fraction of sp³-hybridized carbons (Fsp3) is 0.609. The Labute approximate surface area is 176 Å². The third-order valence-corrected chi connectivity index (χ3v) is 7.45. The van der Waals surface area contributed by atoms with Gasteiger partial charge < -0.3 is 20.5 Å². The summed E-state index contributed by atoms with van der Waals surface area (Å²) < 4.78 is 5.26. The van der Waals surface area contributed by atoms with Crippen molar-refractivity contribution in [3.63, 3.8) is 0 Å². The molecule has 4 rings (SSSR count). The number of hydrogen-bond donors (Lipinski definition) is 3. The highest BCUT2D eigenvalue weighted by Gasteiger charge is 2.51. The number of nitrogens with zero attached hydrogens (tertiary/aromatic N) is 1. The van der Waals surface area contributed by atoms with E-state index in [9.17, 15) is 14.7 Å². The second kappa shape index (κ2) is 7.82. The van der Waals surface area contributed by atoms with Crippen LogP contribution in [0.25, 0.3) is 0 Å². The molecule has 4 unspecified atom stereocenters. The molecule has 3 N–H and O–H groups in total. The summed E-state index contributed by atoms with van der Waals surface area (Å²) in [7, 11) is 1.42. The zero-order valence-corrected chi connectivity index (χ0v) is 17.5. The van der Waals surface area contributed by atoms with Crippen LogP contribution >= 0.6 is 0 Å². The minimum Gasteiger partial charge on any atom is -0.507 e. The Balaban J connectivity index is 1.50. The molecule has 160 valence electrons. The number of rotatable bonds is 6. The first-order chi connectivity index (χ1) is 14.3. The summed E-state index contributed by atoms with van der Waals surface area (Å²) in [6, 6.07) is 4.26. The summed E-state index contributed by atoms with van der Waals surface area (Å²) in [5.74, 6) is -0.0429. The minimum absolute atomic E-state index is 0.0373. The van der Waals surface area contributed by atoms with E-state index in [0.717, 1.165) is 32.1 Å². The zero-order valence-electron chi connectivity index (χ0n) is 17.5. The molecular formula is C23H29N3O4. The smallest absolute Gasteiger partial charge is 0.255 e. The average molecular weight is 412 g/mol. The molecule has 2 bridgehead atoms. The second-order valence-electron chi connectivity index (χ2n) is 9.42. The second-order valence-corrected chi connectivity index (χ2v) is 9.42. The zero-order chi connectivity index (χ0) is 21.5. The van der Waals surface area contributed by atoms with Crippen LogP contribution in [0.1, 0.15) is 61.4 Å². The van der Waals surface area contributed by atoms with E-state index in [4.69, 9.17) is 10.00 Å². The standard InChI is InChI=1S/C23H29N3O4/c1-23(6-3-7-23)12-25-22(29)19-13-4-5-14(8-13)20(19)26-21(28)16-10-17(27)15(11-24)9-18(16)30-2/h9-10,13-14,19-20,27H,3-8,12H2,1-2H3,(H,25,29)(H,26,28). The van der Waals surface area contributed by atoms with Crippen molar-refractivity contribution in [1.29, 1.82) is 5.26 Å². The topological polar surface area (TPSA) is 111 Å². The van der Waals surface area contributed by atoms with E-state index in [2.05, 4.69) is 17.6 Å². The van der Waals surface area contributed by atoms with E-state index < -0.39 is 5.91 Å². The lowest BCUT2D eigenvalue weighted by atomic mass is 9.70. The van der Waals surface area contributed by atoms with Crippen LogP contribution in [0.3, 0.4) is 0 Å². The van der Waals surface area contributed by atoms with Gasteiger partial charge >= 0.3 is 0 Å². The lowest BCUT2D eigenvalue weighted by Gasteiger charge is -2.39. The van der Waals surface area contributed by atoms with Crippen molar-refractivity contribution >= 4 is 11.8 Å². The van der Waals surface area contributed by atoms with E-state index in [0.29, 0.717) is 12.5 Å². The van der Waals surface area contributed by atoms with Gasteiger partial charge in [0.05, 0.1) is 24.2 Å². The van der Waals surface area contributed by atoms with E-state index >= 15 is 0 Å². The first-order valence-corrected chi connectivity index (χ1v) is 10.7. The number of hydrogen-bond acceptors (Lipinski definition) is 5. The molecule has 0 aliphatic heterocycles. The summed E-state index contributed by atoms with van der Waals surface area (Å²) >= 11 is 0. The molecule has 30 heavy (non-hydrogen) atoms. The van der Waals surface area contributed by atoms with Crippen molar-refractivity contribution in [2.45, 2.75) is 51.5 Å². The number of nitrogens with one attached hydrogen (secondary N) is 2. The van der Waals surface area contributed by atoms with Gasteiger partial charge in [0.15, 0.2) is 0 Å². The van der Waals surface area contributed by atoms with E-state index in [1.54, 1.807) is 0 Å². The van der Waals surface area contributed by atoms with Gasteiger partial charge in [-0.25, -0.2) is 0 Å². The minimum atomic E-state index is -0.395. The Morgan fingerprint density at radius 1 is 1.30 bits per heavy atom. The van der Waals surface area contributed by atoms with Gasteiger partial charge in [0.2, 0.25) is 5.91 Å². The van der Waals surface area contributed by atoms with Crippen LogP contribution in [-0.2, 0) is 4.79 Å². The number of amides is 2. The molecule has 7 nitrogen and oxygen atoms in total. The molecule has 3 fully saturated rings. The van der Waals surface area contributed by atoms with Gasteiger partial charge in [-0.15, -0.1) is 0 Å². The Bertz CT molecular complexity index is 902. The molecule has 3 aliphatic carbocycles. The Hall–Kier alpha value is -2.75. The van der Waals surface area contributed by atoms with Crippen LogP contribution in [0, 0.1) is 34.5 Å². The van der Waals surface area contributed by atoms with Crippen LogP contribution in [-0.4, -0.2) is 36.6 Å². The molecule has 1 aromatic carbocycles. The fourth-order valence-electron chi connectivity index (χ4n) is 5.49. The molecule has 3 saturated carbocycles.